The fourth-order valence-electron chi connectivity index (χ4n) is 2.94. The van der Waals surface area contributed by atoms with Crippen LogP contribution in [-0.2, 0) is 19.7 Å². The molecule has 0 amide bonds. The SMILES string of the molecule is O=S(=O)(C(=C1C(F)=C(F)C(F)=C(F)C1F)S(=O)(=O)C(F)(F)F)C1CCCC(F)C1. The molecule has 0 heterocycles. The summed E-state index contributed by atoms with van der Waals surface area (Å²) in [6.07, 6.45) is -7.91. The van der Waals surface area contributed by atoms with E-state index < -0.39 is 88.7 Å². The lowest BCUT2D eigenvalue weighted by molar-refractivity contribution is -0.0425. The van der Waals surface area contributed by atoms with Crippen molar-refractivity contribution in [3.63, 3.8) is 0 Å². The number of hydrogen-bond donors (Lipinski definition) is 0. The molecule has 2 rings (SSSR count). The van der Waals surface area contributed by atoms with E-state index in [9.17, 15) is 56.3 Å². The summed E-state index contributed by atoms with van der Waals surface area (Å²) in [6, 6.07) is 0. The van der Waals surface area contributed by atoms with E-state index in [0.717, 1.165) is 0 Å². The Kier molecular flexibility index (Phi) is 6.25. The van der Waals surface area contributed by atoms with Crippen LogP contribution in [0.25, 0.3) is 0 Å². The van der Waals surface area contributed by atoms with Crippen LogP contribution in [0, 0.1) is 0 Å². The lowest BCUT2D eigenvalue weighted by Crippen LogP contribution is -2.38. The highest BCUT2D eigenvalue weighted by atomic mass is 32.3. The second-order valence-corrected chi connectivity index (χ2v) is 10.5. The van der Waals surface area contributed by atoms with Crippen molar-refractivity contribution in [3.8, 4) is 0 Å². The van der Waals surface area contributed by atoms with Crippen LogP contribution >= 0.6 is 0 Å². The minimum atomic E-state index is -7.12. The maximum absolute atomic E-state index is 14.1. The summed E-state index contributed by atoms with van der Waals surface area (Å²) in [5, 5.41) is -2.17. The molecule has 0 radical (unpaired) electrons. The summed E-state index contributed by atoms with van der Waals surface area (Å²) in [6.45, 7) is 0. The molecule has 0 aliphatic heterocycles. The van der Waals surface area contributed by atoms with Crippen molar-refractivity contribution in [1.82, 2.24) is 0 Å². The van der Waals surface area contributed by atoms with Gasteiger partial charge in [-0.05, 0) is 25.7 Å². The van der Waals surface area contributed by atoms with Crippen molar-refractivity contribution in [2.24, 2.45) is 0 Å². The van der Waals surface area contributed by atoms with Gasteiger partial charge in [0.05, 0.1) is 10.8 Å². The van der Waals surface area contributed by atoms with Crippen LogP contribution < -0.4 is 0 Å². The summed E-state index contributed by atoms with van der Waals surface area (Å²) >= 11 is 0. The largest absolute Gasteiger partial charge is 0.502 e. The highest BCUT2D eigenvalue weighted by Gasteiger charge is 2.57. The molecular formula is C14H11F9O4S2. The Hall–Kier alpha value is -1.51. The van der Waals surface area contributed by atoms with Crippen molar-refractivity contribution < 1.29 is 56.3 Å². The normalized spacial score (nSPS) is 29.3. The maximum Gasteiger partial charge on any atom is 0.502 e. The molecule has 15 heteroatoms. The molecule has 29 heavy (non-hydrogen) atoms. The number of halogens is 9. The average Bonchev–Trinajstić information content (AvgIpc) is 2.60. The van der Waals surface area contributed by atoms with Crippen molar-refractivity contribution in [2.45, 2.75) is 48.8 Å². The van der Waals surface area contributed by atoms with Crippen molar-refractivity contribution >= 4 is 19.7 Å². The Morgan fingerprint density at radius 1 is 0.862 bits per heavy atom. The summed E-state index contributed by atoms with van der Waals surface area (Å²) in [5.41, 5.74) is -9.14. The molecule has 0 saturated heterocycles. The topological polar surface area (TPSA) is 68.3 Å². The number of allylic oxidation sites excluding steroid dienone is 5. The lowest BCUT2D eigenvalue weighted by Gasteiger charge is -2.27. The van der Waals surface area contributed by atoms with Crippen LogP contribution in [0.1, 0.15) is 25.7 Å². The second kappa shape index (κ2) is 7.63. The van der Waals surface area contributed by atoms with Gasteiger partial charge in [-0.15, -0.1) is 0 Å². The highest BCUT2D eigenvalue weighted by molar-refractivity contribution is 8.15. The average molecular weight is 478 g/mol. The third kappa shape index (κ3) is 3.94. The summed E-state index contributed by atoms with van der Waals surface area (Å²) in [5.74, 6) is -11.5. The zero-order chi connectivity index (χ0) is 22.5. The molecule has 0 spiro atoms. The first kappa shape index (κ1) is 23.8. The predicted octanol–water partition coefficient (Wildman–Crippen LogP) is 4.48. The summed E-state index contributed by atoms with van der Waals surface area (Å²) in [7, 11) is -13.0. The minimum absolute atomic E-state index is 0.207. The fraction of sp³-hybridized carbons (Fsp3) is 0.571. The van der Waals surface area contributed by atoms with Gasteiger partial charge in [0, 0.05) is 0 Å². The molecule has 166 valence electrons. The van der Waals surface area contributed by atoms with Gasteiger partial charge < -0.3 is 0 Å². The first-order valence-corrected chi connectivity index (χ1v) is 10.8. The van der Waals surface area contributed by atoms with Gasteiger partial charge in [0.25, 0.3) is 9.84 Å². The molecule has 0 aromatic carbocycles. The number of rotatable bonds is 3. The minimum Gasteiger partial charge on any atom is -0.247 e. The number of sulfone groups is 2. The molecule has 0 aromatic heterocycles. The molecular weight excluding hydrogens is 467 g/mol. The van der Waals surface area contributed by atoms with Crippen LogP contribution in [0.4, 0.5) is 39.5 Å². The molecule has 1 fully saturated rings. The predicted molar refractivity (Wildman–Crippen MR) is 81.5 cm³/mol. The third-order valence-electron chi connectivity index (χ3n) is 4.34. The number of alkyl halides is 5. The van der Waals surface area contributed by atoms with Gasteiger partial charge >= 0.3 is 5.51 Å². The van der Waals surface area contributed by atoms with Gasteiger partial charge in [-0.2, -0.15) is 13.2 Å². The van der Waals surface area contributed by atoms with E-state index >= 15 is 0 Å². The van der Waals surface area contributed by atoms with Crippen molar-refractivity contribution in [3.05, 3.63) is 33.1 Å². The van der Waals surface area contributed by atoms with Crippen molar-refractivity contribution in [1.29, 1.82) is 0 Å². The fourth-order valence-corrected chi connectivity index (χ4v) is 7.29. The standard InChI is InChI=1S/C14H11F9O4S2/c15-5-2-1-3-6(4-5)28(24,25)13(29(26,27)14(21,22)23)7-8(16)10(18)12(20)11(19)9(7)17/h5-6,8H,1-4H2. The zero-order valence-corrected chi connectivity index (χ0v) is 15.5. The van der Waals surface area contributed by atoms with Crippen LogP contribution in [0.5, 0.6) is 0 Å². The Morgan fingerprint density at radius 3 is 1.90 bits per heavy atom. The smallest absolute Gasteiger partial charge is 0.247 e. The Labute approximate surface area is 158 Å². The van der Waals surface area contributed by atoms with Gasteiger partial charge in [-0.1, -0.05) is 0 Å². The van der Waals surface area contributed by atoms with E-state index in [1.165, 1.54) is 0 Å². The first-order valence-electron chi connectivity index (χ1n) is 7.73. The Balaban J connectivity index is 2.93. The third-order valence-corrected chi connectivity index (χ3v) is 9.05. The zero-order valence-electron chi connectivity index (χ0n) is 13.9. The van der Waals surface area contributed by atoms with E-state index in [-0.39, 0.29) is 12.8 Å². The second-order valence-electron chi connectivity index (χ2n) is 6.23. The molecule has 3 atom stereocenters. The van der Waals surface area contributed by atoms with E-state index in [2.05, 4.69) is 0 Å². The molecule has 2 aliphatic carbocycles. The quantitative estimate of drug-likeness (QED) is 0.561. The van der Waals surface area contributed by atoms with Crippen LogP contribution in [-0.4, -0.2) is 39.9 Å². The van der Waals surface area contributed by atoms with Gasteiger partial charge in [-0.25, -0.2) is 43.2 Å². The molecule has 1 saturated carbocycles. The van der Waals surface area contributed by atoms with E-state index in [0.29, 0.717) is 0 Å². The summed E-state index contributed by atoms with van der Waals surface area (Å²) in [4.78, 5) is 0. The van der Waals surface area contributed by atoms with E-state index in [1.54, 1.807) is 0 Å². The first-order chi connectivity index (χ1) is 13.0. The maximum atomic E-state index is 14.1. The molecule has 0 bridgehead atoms. The van der Waals surface area contributed by atoms with E-state index in [1.807, 2.05) is 0 Å². The van der Waals surface area contributed by atoms with Gasteiger partial charge in [-0.3, -0.25) is 0 Å². The summed E-state index contributed by atoms with van der Waals surface area (Å²) < 4.78 is 167. The molecule has 0 aromatic rings. The van der Waals surface area contributed by atoms with Gasteiger partial charge in [0.1, 0.15) is 6.17 Å². The lowest BCUT2D eigenvalue weighted by atomic mass is 9.98. The Morgan fingerprint density at radius 2 is 1.41 bits per heavy atom. The van der Waals surface area contributed by atoms with Crippen LogP contribution in [0.3, 0.4) is 0 Å². The molecule has 3 unspecified atom stereocenters. The van der Waals surface area contributed by atoms with Gasteiger partial charge in [0.15, 0.2) is 43.6 Å². The van der Waals surface area contributed by atoms with Crippen LogP contribution in [0.15, 0.2) is 33.1 Å². The van der Waals surface area contributed by atoms with Crippen molar-refractivity contribution in [2.75, 3.05) is 0 Å². The molecule has 2 aliphatic rings. The monoisotopic (exact) mass is 478 g/mol. The van der Waals surface area contributed by atoms with Gasteiger partial charge in [0.2, 0.25) is 0 Å². The highest BCUT2D eigenvalue weighted by Crippen LogP contribution is 2.46. The molecule has 0 N–H and O–H groups in total. The number of hydrogen-bond acceptors (Lipinski definition) is 4. The van der Waals surface area contributed by atoms with Crippen LogP contribution in [0.2, 0.25) is 0 Å². The van der Waals surface area contributed by atoms with E-state index in [4.69, 9.17) is 0 Å². The Bertz CT molecular complexity index is 1010. The molecule has 4 nitrogen and oxygen atoms in total.